The van der Waals surface area contributed by atoms with Gasteiger partial charge >= 0.3 is 0 Å². The van der Waals surface area contributed by atoms with E-state index in [-0.39, 0.29) is 22.6 Å². The van der Waals surface area contributed by atoms with Crippen LogP contribution in [0.4, 0.5) is 0 Å². The van der Waals surface area contributed by atoms with Gasteiger partial charge in [0.2, 0.25) is 5.78 Å². The summed E-state index contributed by atoms with van der Waals surface area (Å²) in [7, 11) is 0. The van der Waals surface area contributed by atoms with Crippen molar-refractivity contribution in [3.8, 4) is 17.2 Å². The first kappa shape index (κ1) is 13.4. The molecule has 0 fully saturated rings. The Morgan fingerprint density at radius 3 is 2.43 bits per heavy atom. The molecule has 4 N–H and O–H groups in total. The molecule has 0 bridgehead atoms. The number of fused-ring (bicyclic) bond motifs is 1. The summed E-state index contributed by atoms with van der Waals surface area (Å²) < 4.78 is 5.31. The van der Waals surface area contributed by atoms with Crippen molar-refractivity contribution in [3.63, 3.8) is 0 Å². The van der Waals surface area contributed by atoms with E-state index in [1.165, 1.54) is 12.1 Å². The lowest BCUT2D eigenvalue weighted by Crippen LogP contribution is -2.52. The average molecular weight is 288 g/mol. The predicted molar refractivity (Wildman–Crippen MR) is 71.1 cm³/mol. The monoisotopic (exact) mass is 288 g/mol. The minimum absolute atomic E-state index is 0.180. The number of carbonyl (C=O) groups excluding carboxylic acids is 1. The predicted octanol–water partition coefficient (Wildman–Crippen LogP) is 0.879. The van der Waals surface area contributed by atoms with E-state index in [1.54, 1.807) is 18.2 Å². The van der Waals surface area contributed by atoms with Crippen LogP contribution in [0.15, 0.2) is 42.5 Å². The van der Waals surface area contributed by atoms with Gasteiger partial charge in [-0.05, 0) is 0 Å². The van der Waals surface area contributed by atoms with Crippen LogP contribution < -0.4 is 4.74 Å². The largest absolute Gasteiger partial charge is 0.508 e. The van der Waals surface area contributed by atoms with E-state index in [4.69, 9.17) is 4.74 Å². The fourth-order valence-corrected chi connectivity index (χ4v) is 2.35. The lowest BCUT2D eigenvalue weighted by molar-refractivity contribution is -0.203. The summed E-state index contributed by atoms with van der Waals surface area (Å²) >= 11 is 0. The van der Waals surface area contributed by atoms with Crippen molar-refractivity contribution < 1.29 is 30.0 Å². The molecule has 0 aliphatic carbocycles. The van der Waals surface area contributed by atoms with Gasteiger partial charge in [0, 0.05) is 17.7 Å². The molecule has 0 saturated heterocycles. The maximum Gasteiger partial charge on any atom is 0.268 e. The number of aromatic hydroxyl groups is 2. The molecule has 6 nitrogen and oxygen atoms in total. The number of phenols is 2. The quantitative estimate of drug-likeness (QED) is 0.620. The number of aliphatic hydroxyl groups excluding tert-OH is 1. The Morgan fingerprint density at radius 2 is 1.76 bits per heavy atom. The molecule has 1 aliphatic heterocycles. The van der Waals surface area contributed by atoms with Crippen molar-refractivity contribution in [2.24, 2.45) is 0 Å². The fraction of sp³-hybridized carbons (Fsp3) is 0.133. The first-order valence-electron chi connectivity index (χ1n) is 6.18. The second-order valence-corrected chi connectivity index (χ2v) is 4.77. The Labute approximate surface area is 119 Å². The Bertz CT molecular complexity index is 712. The maximum atomic E-state index is 12.2. The summed E-state index contributed by atoms with van der Waals surface area (Å²) in [5.74, 6) is -4.23. The number of aliphatic hydroxyl groups is 2. The van der Waals surface area contributed by atoms with Crippen LogP contribution in [0.25, 0.3) is 0 Å². The van der Waals surface area contributed by atoms with E-state index in [0.29, 0.717) is 0 Å². The zero-order valence-electron chi connectivity index (χ0n) is 10.7. The lowest BCUT2D eigenvalue weighted by atomic mass is 9.90. The number of ketones is 1. The highest BCUT2D eigenvalue weighted by Crippen LogP contribution is 2.43. The molecule has 2 unspecified atom stereocenters. The average Bonchev–Trinajstić information content (AvgIpc) is 2.45. The number of phenolic OH excluding ortho intramolecular Hbond substituents is 2. The Kier molecular flexibility index (Phi) is 2.86. The highest BCUT2D eigenvalue weighted by Gasteiger charge is 2.50. The van der Waals surface area contributed by atoms with Crippen LogP contribution in [-0.2, 0) is 5.79 Å². The van der Waals surface area contributed by atoms with Crippen molar-refractivity contribution in [1.29, 1.82) is 0 Å². The third kappa shape index (κ3) is 1.93. The number of carbonyl (C=O) groups is 1. The first-order chi connectivity index (χ1) is 9.93. The smallest absolute Gasteiger partial charge is 0.268 e. The van der Waals surface area contributed by atoms with E-state index in [9.17, 15) is 25.2 Å². The summed E-state index contributed by atoms with van der Waals surface area (Å²) in [4.78, 5) is 12.2. The maximum absolute atomic E-state index is 12.2. The van der Waals surface area contributed by atoms with Gasteiger partial charge in [0.05, 0.1) is 0 Å². The summed E-state index contributed by atoms with van der Waals surface area (Å²) in [6, 6.07) is 9.96. The molecule has 2 aromatic carbocycles. The number of hydrogen-bond donors (Lipinski definition) is 4. The molecule has 1 aliphatic rings. The fourth-order valence-electron chi connectivity index (χ4n) is 2.35. The van der Waals surface area contributed by atoms with Gasteiger partial charge in [0.25, 0.3) is 5.79 Å². The molecule has 0 aromatic heterocycles. The van der Waals surface area contributed by atoms with Gasteiger partial charge in [-0.15, -0.1) is 0 Å². The normalized spacial score (nSPS) is 24.3. The minimum Gasteiger partial charge on any atom is -0.508 e. The highest BCUT2D eigenvalue weighted by molar-refractivity contribution is 6.05. The van der Waals surface area contributed by atoms with Crippen LogP contribution in [-0.4, -0.2) is 32.3 Å². The molecule has 0 spiro atoms. The van der Waals surface area contributed by atoms with E-state index < -0.39 is 23.4 Å². The van der Waals surface area contributed by atoms with Crippen LogP contribution in [0.5, 0.6) is 17.2 Å². The minimum atomic E-state index is -2.29. The number of ether oxygens (including phenoxy) is 1. The molecule has 0 radical (unpaired) electrons. The molecular weight excluding hydrogens is 276 g/mol. The van der Waals surface area contributed by atoms with Gasteiger partial charge in [0.15, 0.2) is 6.10 Å². The first-order valence-corrected chi connectivity index (χ1v) is 6.18. The van der Waals surface area contributed by atoms with Gasteiger partial charge in [-0.1, -0.05) is 30.3 Å². The molecule has 6 heteroatoms. The van der Waals surface area contributed by atoms with Crippen molar-refractivity contribution in [2.45, 2.75) is 11.9 Å². The van der Waals surface area contributed by atoms with Crippen LogP contribution in [0.1, 0.15) is 15.9 Å². The second-order valence-electron chi connectivity index (χ2n) is 4.77. The van der Waals surface area contributed by atoms with Gasteiger partial charge < -0.3 is 25.2 Å². The molecule has 2 aromatic rings. The molecular formula is C15H12O6. The van der Waals surface area contributed by atoms with E-state index in [2.05, 4.69) is 0 Å². The summed E-state index contributed by atoms with van der Waals surface area (Å²) in [6.07, 6.45) is -1.90. The van der Waals surface area contributed by atoms with Crippen molar-refractivity contribution in [2.75, 3.05) is 0 Å². The summed E-state index contributed by atoms with van der Waals surface area (Å²) in [6.45, 7) is 0. The molecule has 21 heavy (non-hydrogen) atoms. The Morgan fingerprint density at radius 1 is 1.10 bits per heavy atom. The van der Waals surface area contributed by atoms with E-state index in [0.717, 1.165) is 12.1 Å². The Hall–Kier alpha value is -2.57. The van der Waals surface area contributed by atoms with E-state index >= 15 is 0 Å². The summed E-state index contributed by atoms with van der Waals surface area (Å²) in [5, 5.41) is 39.8. The standard InChI is InChI=1S/C15H12O6/c16-9-6-10(17)12-11(7-9)21-15(20,14(19)13(12)18)8-4-2-1-3-5-8/h1-7,14,16-17,19-20H. The van der Waals surface area contributed by atoms with Crippen LogP contribution >= 0.6 is 0 Å². The van der Waals surface area contributed by atoms with Crippen molar-refractivity contribution in [1.82, 2.24) is 0 Å². The third-order valence-electron chi connectivity index (χ3n) is 3.38. The second kappa shape index (κ2) is 4.47. The van der Waals surface area contributed by atoms with Crippen LogP contribution in [0.2, 0.25) is 0 Å². The van der Waals surface area contributed by atoms with Gasteiger partial charge in [-0.2, -0.15) is 0 Å². The molecule has 2 atom stereocenters. The molecule has 0 amide bonds. The van der Waals surface area contributed by atoms with Gasteiger partial charge in [-0.25, -0.2) is 0 Å². The van der Waals surface area contributed by atoms with Gasteiger partial charge in [0.1, 0.15) is 22.8 Å². The number of rotatable bonds is 1. The number of benzene rings is 2. The topological polar surface area (TPSA) is 107 Å². The number of hydrogen-bond acceptors (Lipinski definition) is 6. The third-order valence-corrected chi connectivity index (χ3v) is 3.38. The van der Waals surface area contributed by atoms with E-state index in [1.807, 2.05) is 0 Å². The van der Waals surface area contributed by atoms with Crippen LogP contribution in [0, 0.1) is 0 Å². The van der Waals surface area contributed by atoms with Crippen molar-refractivity contribution >= 4 is 5.78 Å². The molecule has 108 valence electrons. The SMILES string of the molecule is O=C1c2c(O)cc(O)cc2OC(O)(c2ccccc2)C1O. The molecule has 1 heterocycles. The number of Topliss-reactive ketones (excluding diaryl/α,β-unsaturated/α-hetero) is 1. The molecule has 0 saturated carbocycles. The molecule has 3 rings (SSSR count). The summed E-state index contributed by atoms with van der Waals surface area (Å²) in [5.41, 5.74) is -0.0970. The van der Waals surface area contributed by atoms with Gasteiger partial charge in [-0.3, -0.25) is 4.79 Å². The van der Waals surface area contributed by atoms with Crippen LogP contribution in [0.3, 0.4) is 0 Å². The zero-order chi connectivity index (χ0) is 15.2. The Balaban J connectivity index is 2.18. The lowest BCUT2D eigenvalue weighted by Gasteiger charge is -2.37. The van der Waals surface area contributed by atoms with Crippen molar-refractivity contribution in [3.05, 3.63) is 53.6 Å². The zero-order valence-corrected chi connectivity index (χ0v) is 10.7. The highest BCUT2D eigenvalue weighted by atomic mass is 16.6.